The number of hydrogen-bond donors (Lipinski definition) is 2. The number of carbonyl (C=O) groups excluding carboxylic acids is 1. The van der Waals surface area contributed by atoms with Gasteiger partial charge in [0.2, 0.25) is 0 Å². The van der Waals surface area contributed by atoms with Crippen LogP contribution in [0.15, 0.2) is 76.1 Å². The van der Waals surface area contributed by atoms with E-state index in [1.807, 2.05) is 32.0 Å². The Bertz CT molecular complexity index is 1140. The van der Waals surface area contributed by atoms with Crippen molar-refractivity contribution in [3.05, 3.63) is 82.3 Å². The number of amides is 1. The number of aryl methyl sites for hydroxylation is 2. The van der Waals surface area contributed by atoms with Crippen LogP contribution in [-0.2, 0) is 14.8 Å². The number of sulfonamides is 1. The van der Waals surface area contributed by atoms with E-state index in [2.05, 4.69) is 26.0 Å². The molecule has 3 aromatic rings. The highest BCUT2D eigenvalue weighted by Crippen LogP contribution is 2.21. The van der Waals surface area contributed by atoms with Gasteiger partial charge in [0.25, 0.3) is 15.9 Å². The van der Waals surface area contributed by atoms with Gasteiger partial charge in [0.15, 0.2) is 6.61 Å². The van der Waals surface area contributed by atoms with Crippen LogP contribution in [0.25, 0.3) is 0 Å². The molecule has 0 atom stereocenters. The zero-order valence-corrected chi connectivity index (χ0v) is 18.9. The monoisotopic (exact) mass is 488 g/mol. The maximum Gasteiger partial charge on any atom is 0.262 e. The number of halogens is 1. The van der Waals surface area contributed by atoms with Crippen LogP contribution in [0, 0.1) is 13.8 Å². The van der Waals surface area contributed by atoms with Crippen molar-refractivity contribution in [2.45, 2.75) is 18.7 Å². The highest BCUT2D eigenvalue weighted by atomic mass is 79.9. The maximum atomic E-state index is 12.6. The van der Waals surface area contributed by atoms with Gasteiger partial charge in [-0.3, -0.25) is 9.52 Å². The van der Waals surface area contributed by atoms with Crippen LogP contribution in [0.5, 0.6) is 5.75 Å². The Hall–Kier alpha value is -2.84. The molecule has 156 valence electrons. The lowest BCUT2D eigenvalue weighted by atomic mass is 10.1. The molecular formula is C22H21BrN2O4S. The second-order valence-corrected chi connectivity index (χ2v) is 9.40. The van der Waals surface area contributed by atoms with Gasteiger partial charge < -0.3 is 10.1 Å². The Morgan fingerprint density at radius 1 is 0.933 bits per heavy atom. The first-order valence-corrected chi connectivity index (χ1v) is 11.4. The summed E-state index contributed by atoms with van der Waals surface area (Å²) in [6.07, 6.45) is 0. The number of ether oxygens (including phenoxy) is 1. The number of hydrogen-bond acceptors (Lipinski definition) is 4. The Labute approximate surface area is 184 Å². The minimum absolute atomic E-state index is 0.104. The summed E-state index contributed by atoms with van der Waals surface area (Å²) in [5, 5.41) is 2.73. The van der Waals surface area contributed by atoms with E-state index in [0.29, 0.717) is 17.1 Å². The van der Waals surface area contributed by atoms with Gasteiger partial charge in [-0.1, -0.05) is 28.1 Å². The molecule has 0 heterocycles. The van der Waals surface area contributed by atoms with E-state index in [0.717, 1.165) is 15.6 Å². The van der Waals surface area contributed by atoms with Gasteiger partial charge in [-0.2, -0.15) is 0 Å². The molecule has 0 aliphatic heterocycles. The molecule has 0 spiro atoms. The Kier molecular flexibility index (Phi) is 6.79. The highest BCUT2D eigenvalue weighted by Gasteiger charge is 2.15. The minimum Gasteiger partial charge on any atom is -0.484 e. The third-order valence-corrected chi connectivity index (χ3v) is 5.98. The fraction of sp³-hybridized carbons (Fsp3) is 0.136. The zero-order chi connectivity index (χ0) is 21.7. The van der Waals surface area contributed by atoms with Crippen molar-refractivity contribution < 1.29 is 17.9 Å². The standard InChI is InChI=1S/C22H21BrN2O4S/c1-15-10-16(2)12-19(11-15)25-30(27,28)21-8-6-20(7-9-21)29-14-22(26)24-18-5-3-4-17(23)13-18/h3-13,25H,14H2,1-2H3,(H,24,26). The first-order valence-electron chi connectivity index (χ1n) is 9.11. The molecule has 0 fully saturated rings. The lowest BCUT2D eigenvalue weighted by Crippen LogP contribution is -2.20. The summed E-state index contributed by atoms with van der Waals surface area (Å²) in [6.45, 7) is 3.62. The molecule has 0 saturated carbocycles. The SMILES string of the molecule is Cc1cc(C)cc(NS(=O)(=O)c2ccc(OCC(=O)Nc3cccc(Br)c3)cc2)c1. The summed E-state index contributed by atoms with van der Waals surface area (Å²) in [5.74, 6) is 0.0750. The fourth-order valence-corrected chi connectivity index (χ4v) is 4.31. The molecule has 8 heteroatoms. The smallest absolute Gasteiger partial charge is 0.262 e. The van der Waals surface area contributed by atoms with Gasteiger partial charge in [-0.15, -0.1) is 0 Å². The van der Waals surface area contributed by atoms with Gasteiger partial charge >= 0.3 is 0 Å². The second-order valence-electron chi connectivity index (χ2n) is 6.80. The molecule has 0 saturated heterocycles. The summed E-state index contributed by atoms with van der Waals surface area (Å²) >= 11 is 3.34. The van der Waals surface area contributed by atoms with E-state index >= 15 is 0 Å². The number of nitrogens with one attached hydrogen (secondary N) is 2. The zero-order valence-electron chi connectivity index (χ0n) is 16.5. The molecule has 2 N–H and O–H groups in total. The largest absolute Gasteiger partial charge is 0.484 e. The summed E-state index contributed by atoms with van der Waals surface area (Å²) < 4.78 is 34.1. The molecule has 30 heavy (non-hydrogen) atoms. The van der Waals surface area contributed by atoms with Crippen molar-refractivity contribution in [2.24, 2.45) is 0 Å². The molecule has 3 rings (SSSR count). The predicted molar refractivity (Wildman–Crippen MR) is 121 cm³/mol. The average molecular weight is 489 g/mol. The van der Waals surface area contributed by atoms with E-state index in [-0.39, 0.29) is 17.4 Å². The van der Waals surface area contributed by atoms with Crippen LogP contribution in [0.2, 0.25) is 0 Å². The quantitative estimate of drug-likeness (QED) is 0.495. The number of rotatable bonds is 7. The predicted octanol–water partition coefficient (Wildman–Crippen LogP) is 4.88. The van der Waals surface area contributed by atoms with Crippen molar-refractivity contribution in [1.82, 2.24) is 0 Å². The van der Waals surface area contributed by atoms with Crippen molar-refractivity contribution in [2.75, 3.05) is 16.6 Å². The van der Waals surface area contributed by atoms with E-state index in [9.17, 15) is 13.2 Å². The van der Waals surface area contributed by atoms with Crippen LogP contribution in [0.3, 0.4) is 0 Å². The van der Waals surface area contributed by atoms with Gasteiger partial charge in [0, 0.05) is 15.8 Å². The van der Waals surface area contributed by atoms with Crippen LogP contribution in [0.1, 0.15) is 11.1 Å². The Balaban J connectivity index is 1.60. The van der Waals surface area contributed by atoms with E-state index in [4.69, 9.17) is 4.74 Å². The molecule has 0 aliphatic carbocycles. The van der Waals surface area contributed by atoms with Gasteiger partial charge in [0.05, 0.1) is 4.90 Å². The summed E-state index contributed by atoms with van der Waals surface area (Å²) in [4.78, 5) is 12.1. The molecule has 1 amide bonds. The van der Waals surface area contributed by atoms with E-state index in [1.165, 1.54) is 24.3 Å². The van der Waals surface area contributed by atoms with E-state index in [1.54, 1.807) is 24.3 Å². The Morgan fingerprint density at radius 2 is 1.60 bits per heavy atom. The first kappa shape index (κ1) is 21.9. The lowest BCUT2D eigenvalue weighted by Gasteiger charge is -2.11. The highest BCUT2D eigenvalue weighted by molar-refractivity contribution is 9.10. The van der Waals surface area contributed by atoms with Crippen molar-refractivity contribution >= 4 is 43.2 Å². The molecule has 6 nitrogen and oxygen atoms in total. The third-order valence-electron chi connectivity index (χ3n) is 4.09. The molecule has 0 aliphatic rings. The van der Waals surface area contributed by atoms with Crippen molar-refractivity contribution in [3.63, 3.8) is 0 Å². The fourth-order valence-electron chi connectivity index (χ4n) is 2.87. The Morgan fingerprint density at radius 3 is 2.23 bits per heavy atom. The molecule has 0 bridgehead atoms. The van der Waals surface area contributed by atoms with Crippen molar-refractivity contribution in [1.29, 1.82) is 0 Å². The second kappa shape index (κ2) is 9.32. The molecular weight excluding hydrogens is 468 g/mol. The third kappa shape index (κ3) is 6.08. The number of anilines is 2. The number of benzene rings is 3. The summed E-state index contributed by atoms with van der Waals surface area (Å²) in [6, 6.07) is 18.6. The van der Waals surface area contributed by atoms with Crippen LogP contribution >= 0.6 is 15.9 Å². The number of carbonyl (C=O) groups is 1. The first-order chi connectivity index (χ1) is 14.2. The topological polar surface area (TPSA) is 84.5 Å². The molecule has 0 aromatic heterocycles. The van der Waals surface area contributed by atoms with Gasteiger partial charge in [-0.05, 0) is 79.6 Å². The average Bonchev–Trinajstić information content (AvgIpc) is 2.65. The molecule has 0 unspecified atom stereocenters. The summed E-state index contributed by atoms with van der Waals surface area (Å²) in [7, 11) is -3.73. The van der Waals surface area contributed by atoms with Crippen LogP contribution in [0.4, 0.5) is 11.4 Å². The van der Waals surface area contributed by atoms with E-state index < -0.39 is 10.0 Å². The minimum atomic E-state index is -3.73. The lowest BCUT2D eigenvalue weighted by molar-refractivity contribution is -0.118. The normalized spacial score (nSPS) is 11.0. The molecule has 3 aromatic carbocycles. The molecule has 0 radical (unpaired) electrons. The van der Waals surface area contributed by atoms with Gasteiger partial charge in [0.1, 0.15) is 5.75 Å². The van der Waals surface area contributed by atoms with Crippen molar-refractivity contribution in [3.8, 4) is 5.75 Å². The van der Waals surface area contributed by atoms with Crippen LogP contribution < -0.4 is 14.8 Å². The van der Waals surface area contributed by atoms with Gasteiger partial charge in [-0.25, -0.2) is 8.42 Å². The maximum absolute atomic E-state index is 12.6. The van der Waals surface area contributed by atoms with Crippen LogP contribution in [-0.4, -0.2) is 20.9 Å². The summed E-state index contributed by atoms with van der Waals surface area (Å²) in [5.41, 5.74) is 3.10.